The summed E-state index contributed by atoms with van der Waals surface area (Å²) in [6, 6.07) is 22.8. The highest BCUT2D eigenvalue weighted by molar-refractivity contribution is 7.99. The Labute approximate surface area is 197 Å². The molecule has 0 fully saturated rings. The van der Waals surface area contributed by atoms with Gasteiger partial charge in [-0.3, -0.25) is 4.79 Å². The first-order chi connectivity index (χ1) is 16.2. The Morgan fingerprint density at radius 2 is 1.73 bits per heavy atom. The van der Waals surface area contributed by atoms with Crippen LogP contribution in [0.4, 0.5) is 5.69 Å². The van der Waals surface area contributed by atoms with Crippen molar-refractivity contribution in [1.82, 2.24) is 20.6 Å². The van der Waals surface area contributed by atoms with E-state index in [1.807, 2.05) is 60.7 Å². The van der Waals surface area contributed by atoms with Gasteiger partial charge in [0.05, 0.1) is 12.3 Å². The Hall–Kier alpha value is -3.65. The molecule has 3 aromatic carbocycles. The number of nitrogens with one attached hydrogen (secondary N) is 2. The Kier molecular flexibility index (Phi) is 7.71. The second-order valence-corrected chi connectivity index (χ2v) is 8.46. The van der Waals surface area contributed by atoms with Gasteiger partial charge < -0.3 is 10.1 Å². The molecular weight excluding hydrogens is 434 g/mol. The zero-order valence-corrected chi connectivity index (χ0v) is 19.1. The van der Waals surface area contributed by atoms with Crippen molar-refractivity contribution in [3.8, 4) is 17.1 Å². The predicted molar refractivity (Wildman–Crippen MR) is 130 cm³/mol. The van der Waals surface area contributed by atoms with Crippen LogP contribution < -0.4 is 10.1 Å². The third-order valence-corrected chi connectivity index (χ3v) is 6.13. The van der Waals surface area contributed by atoms with E-state index in [9.17, 15) is 4.79 Å². The standard InChI is InChI=1S/C25H25N5O2S/c1-2-3-8-17-32-19-15-13-18(14-16-19)25(31)26-21-10-5-7-12-23(21)33-22-11-6-4-9-20(22)24-27-29-30-28-24/h4-7,9-16H,2-3,8,17H2,1H3,(H,26,31)(H,27,28,29,30). The Morgan fingerprint density at radius 3 is 2.48 bits per heavy atom. The highest BCUT2D eigenvalue weighted by atomic mass is 32.2. The van der Waals surface area contributed by atoms with Gasteiger partial charge in [0.25, 0.3) is 5.91 Å². The Balaban J connectivity index is 1.46. The fraction of sp³-hybridized carbons (Fsp3) is 0.200. The number of para-hydroxylation sites is 1. The fourth-order valence-electron chi connectivity index (χ4n) is 3.24. The van der Waals surface area contributed by atoms with Crippen LogP contribution >= 0.6 is 11.8 Å². The van der Waals surface area contributed by atoms with Crippen LogP contribution in [0.3, 0.4) is 0 Å². The smallest absolute Gasteiger partial charge is 0.255 e. The van der Waals surface area contributed by atoms with Gasteiger partial charge in [-0.15, -0.1) is 5.10 Å². The summed E-state index contributed by atoms with van der Waals surface area (Å²) in [4.78, 5) is 14.8. The van der Waals surface area contributed by atoms with Crippen molar-refractivity contribution in [2.24, 2.45) is 0 Å². The number of amides is 1. The summed E-state index contributed by atoms with van der Waals surface area (Å²) in [6.45, 7) is 2.85. The third-order valence-electron chi connectivity index (χ3n) is 4.98. The van der Waals surface area contributed by atoms with Gasteiger partial charge in [0.15, 0.2) is 5.82 Å². The molecule has 0 aliphatic rings. The van der Waals surface area contributed by atoms with Crippen LogP contribution in [0.2, 0.25) is 0 Å². The first kappa shape index (κ1) is 22.5. The molecule has 0 saturated carbocycles. The Morgan fingerprint density at radius 1 is 0.970 bits per heavy atom. The van der Waals surface area contributed by atoms with Crippen LogP contribution in [0.25, 0.3) is 11.4 Å². The molecule has 0 bridgehead atoms. The number of carbonyl (C=O) groups excluding carboxylic acids is 1. The van der Waals surface area contributed by atoms with Gasteiger partial charge in [-0.2, -0.15) is 0 Å². The van der Waals surface area contributed by atoms with Crippen molar-refractivity contribution in [1.29, 1.82) is 0 Å². The maximum atomic E-state index is 12.9. The zero-order chi connectivity index (χ0) is 22.9. The van der Waals surface area contributed by atoms with Crippen LogP contribution in [-0.2, 0) is 0 Å². The maximum absolute atomic E-state index is 12.9. The van der Waals surface area contributed by atoms with E-state index >= 15 is 0 Å². The molecule has 168 valence electrons. The van der Waals surface area contributed by atoms with E-state index in [4.69, 9.17) is 4.74 Å². The largest absolute Gasteiger partial charge is 0.494 e. The lowest BCUT2D eigenvalue weighted by Crippen LogP contribution is -2.12. The number of benzene rings is 3. The number of ether oxygens (including phenoxy) is 1. The predicted octanol–water partition coefficient (Wildman–Crippen LogP) is 5.84. The molecule has 4 rings (SSSR count). The molecule has 0 atom stereocenters. The highest BCUT2D eigenvalue weighted by Gasteiger charge is 2.14. The van der Waals surface area contributed by atoms with E-state index in [0.29, 0.717) is 18.0 Å². The van der Waals surface area contributed by atoms with Gasteiger partial charge in [-0.05, 0) is 65.4 Å². The van der Waals surface area contributed by atoms with E-state index in [1.54, 1.807) is 23.9 Å². The van der Waals surface area contributed by atoms with Crippen LogP contribution in [-0.4, -0.2) is 33.1 Å². The maximum Gasteiger partial charge on any atom is 0.255 e. The molecule has 0 aliphatic carbocycles. The normalized spacial score (nSPS) is 10.7. The lowest BCUT2D eigenvalue weighted by molar-refractivity contribution is 0.102. The molecule has 8 heteroatoms. The van der Waals surface area contributed by atoms with Gasteiger partial charge in [0, 0.05) is 20.9 Å². The molecule has 1 amide bonds. The SMILES string of the molecule is CCCCCOc1ccc(C(=O)Nc2ccccc2Sc2ccccc2-c2nnn[nH]2)cc1. The summed E-state index contributed by atoms with van der Waals surface area (Å²) in [5.41, 5.74) is 2.20. The molecule has 1 heterocycles. The van der Waals surface area contributed by atoms with Gasteiger partial charge in [0.2, 0.25) is 0 Å². The zero-order valence-electron chi connectivity index (χ0n) is 18.3. The molecule has 0 radical (unpaired) electrons. The van der Waals surface area contributed by atoms with Gasteiger partial charge in [-0.25, -0.2) is 5.10 Å². The van der Waals surface area contributed by atoms with E-state index in [0.717, 1.165) is 46.1 Å². The first-order valence-corrected chi connectivity index (χ1v) is 11.7. The minimum atomic E-state index is -0.173. The molecule has 0 aliphatic heterocycles. The summed E-state index contributed by atoms with van der Waals surface area (Å²) < 4.78 is 5.74. The lowest BCUT2D eigenvalue weighted by Gasteiger charge is -2.13. The number of aromatic amines is 1. The second kappa shape index (κ2) is 11.3. The van der Waals surface area contributed by atoms with Crippen molar-refractivity contribution >= 4 is 23.4 Å². The highest BCUT2D eigenvalue weighted by Crippen LogP contribution is 2.38. The number of hydrogen-bond acceptors (Lipinski definition) is 6. The molecule has 4 aromatic rings. The summed E-state index contributed by atoms with van der Waals surface area (Å²) >= 11 is 1.54. The van der Waals surface area contributed by atoms with Gasteiger partial charge in [-0.1, -0.05) is 55.8 Å². The molecule has 0 spiro atoms. The van der Waals surface area contributed by atoms with Crippen LogP contribution in [0, 0.1) is 0 Å². The topological polar surface area (TPSA) is 92.8 Å². The van der Waals surface area contributed by atoms with Crippen molar-refractivity contribution in [3.63, 3.8) is 0 Å². The number of tetrazole rings is 1. The van der Waals surface area contributed by atoms with Crippen LogP contribution in [0.15, 0.2) is 82.6 Å². The van der Waals surface area contributed by atoms with Crippen molar-refractivity contribution in [2.45, 2.75) is 36.0 Å². The van der Waals surface area contributed by atoms with Crippen LogP contribution in [0.1, 0.15) is 36.5 Å². The third kappa shape index (κ3) is 5.98. The number of carbonyl (C=O) groups is 1. The fourth-order valence-corrected chi connectivity index (χ4v) is 4.27. The summed E-state index contributed by atoms with van der Waals surface area (Å²) in [7, 11) is 0. The van der Waals surface area contributed by atoms with E-state index in [2.05, 4.69) is 32.9 Å². The quantitative estimate of drug-likeness (QED) is 0.290. The summed E-state index contributed by atoms with van der Waals surface area (Å²) in [6.07, 6.45) is 3.34. The van der Waals surface area contributed by atoms with Gasteiger partial charge in [0.1, 0.15) is 5.75 Å². The molecule has 2 N–H and O–H groups in total. The first-order valence-electron chi connectivity index (χ1n) is 10.9. The average Bonchev–Trinajstić information content (AvgIpc) is 3.39. The van der Waals surface area contributed by atoms with E-state index in [-0.39, 0.29) is 5.91 Å². The lowest BCUT2D eigenvalue weighted by atomic mass is 10.2. The Bertz CT molecular complexity index is 1180. The number of nitrogens with zero attached hydrogens (tertiary/aromatic N) is 3. The summed E-state index contributed by atoms with van der Waals surface area (Å²) in [5.74, 6) is 1.20. The number of anilines is 1. The van der Waals surface area contributed by atoms with E-state index < -0.39 is 0 Å². The molecular formula is C25H25N5O2S. The number of rotatable bonds is 10. The number of H-pyrrole nitrogens is 1. The number of aromatic nitrogens is 4. The van der Waals surface area contributed by atoms with Crippen LogP contribution in [0.5, 0.6) is 5.75 Å². The van der Waals surface area contributed by atoms with Crippen molar-refractivity contribution in [3.05, 3.63) is 78.4 Å². The minimum absolute atomic E-state index is 0.173. The molecule has 33 heavy (non-hydrogen) atoms. The molecule has 7 nitrogen and oxygen atoms in total. The van der Waals surface area contributed by atoms with E-state index in [1.165, 1.54) is 0 Å². The molecule has 1 aromatic heterocycles. The minimum Gasteiger partial charge on any atom is -0.494 e. The van der Waals surface area contributed by atoms with Crippen molar-refractivity contribution < 1.29 is 9.53 Å². The van der Waals surface area contributed by atoms with Gasteiger partial charge >= 0.3 is 0 Å². The molecule has 0 saturated heterocycles. The average molecular weight is 460 g/mol. The number of unbranched alkanes of at least 4 members (excludes halogenated alkanes) is 2. The summed E-state index contributed by atoms with van der Waals surface area (Å²) in [5, 5.41) is 17.2. The molecule has 0 unspecified atom stereocenters. The second-order valence-electron chi connectivity index (χ2n) is 7.38. The van der Waals surface area contributed by atoms with Crippen molar-refractivity contribution in [2.75, 3.05) is 11.9 Å². The monoisotopic (exact) mass is 459 g/mol. The number of hydrogen-bond donors (Lipinski definition) is 2.